The van der Waals surface area contributed by atoms with Crippen LogP contribution in [0.3, 0.4) is 0 Å². The Morgan fingerprint density at radius 3 is 1.19 bits per heavy atom. The summed E-state index contributed by atoms with van der Waals surface area (Å²) in [7, 11) is -2.59. The van der Waals surface area contributed by atoms with Crippen molar-refractivity contribution in [1.29, 1.82) is 0 Å². The molecule has 0 saturated heterocycles. The quantitative estimate of drug-likeness (QED) is 0.732. The van der Waals surface area contributed by atoms with Gasteiger partial charge >= 0.3 is 0 Å². The second kappa shape index (κ2) is 5.82. The summed E-state index contributed by atoms with van der Waals surface area (Å²) in [5.41, 5.74) is 0. The second-order valence-electron chi connectivity index (χ2n) is 5.23. The number of rotatable bonds is 3. The maximum Gasteiger partial charge on any atom is 0.144 e. The van der Waals surface area contributed by atoms with Crippen LogP contribution in [0.15, 0.2) is 8.80 Å². The molecule has 0 bridgehead atoms. The van der Waals surface area contributed by atoms with Gasteiger partial charge in [0.1, 0.15) is 22.0 Å². The maximum atomic E-state index is 11.5. The van der Waals surface area contributed by atoms with Gasteiger partial charge in [0, 0.05) is 0 Å². The molecule has 0 heterocycles. The molecule has 2 atom stereocenters. The fraction of sp³-hybridized carbons (Fsp3) is 0.800. The molecule has 0 aliphatic rings. The SMILES string of the molecule is CC(C)(C)[S@@](=O)/N=C/C=N/[S@](=O)C(C)(C)C. The summed E-state index contributed by atoms with van der Waals surface area (Å²) in [5, 5.41) is 0. The topological polar surface area (TPSA) is 58.9 Å². The summed E-state index contributed by atoms with van der Waals surface area (Å²) in [5.74, 6) is 0. The average Bonchev–Trinajstić information content (AvgIpc) is 2.08. The molecule has 0 saturated carbocycles. The van der Waals surface area contributed by atoms with Crippen LogP contribution in [0, 0.1) is 0 Å². The van der Waals surface area contributed by atoms with Crippen LogP contribution >= 0.6 is 0 Å². The Hall–Kier alpha value is -0.360. The van der Waals surface area contributed by atoms with Gasteiger partial charge in [-0.25, -0.2) is 8.42 Å². The summed E-state index contributed by atoms with van der Waals surface area (Å²) in [4.78, 5) is 0. The van der Waals surface area contributed by atoms with Gasteiger partial charge in [0.25, 0.3) is 0 Å². The van der Waals surface area contributed by atoms with Gasteiger partial charge in [0.2, 0.25) is 0 Å². The molecule has 0 radical (unpaired) electrons. The van der Waals surface area contributed by atoms with Crippen LogP contribution in [0.25, 0.3) is 0 Å². The zero-order valence-electron chi connectivity index (χ0n) is 10.7. The molecule has 0 aromatic rings. The maximum absolute atomic E-state index is 11.5. The Bertz CT molecular complexity index is 302. The van der Waals surface area contributed by atoms with E-state index in [0.717, 1.165) is 0 Å². The smallest absolute Gasteiger partial charge is 0.144 e. The normalized spacial score (nSPS) is 18.1. The van der Waals surface area contributed by atoms with Crippen LogP contribution < -0.4 is 0 Å². The van der Waals surface area contributed by atoms with E-state index in [4.69, 9.17) is 0 Å². The molecule has 0 aromatic carbocycles. The van der Waals surface area contributed by atoms with Crippen LogP contribution in [0.5, 0.6) is 0 Å². The lowest BCUT2D eigenvalue weighted by Crippen LogP contribution is -2.20. The third-order valence-electron chi connectivity index (χ3n) is 1.43. The highest BCUT2D eigenvalue weighted by molar-refractivity contribution is 7.85. The summed E-state index contributed by atoms with van der Waals surface area (Å²) in [6.07, 6.45) is 2.68. The van der Waals surface area contributed by atoms with Gasteiger partial charge in [-0.15, -0.1) is 0 Å². The van der Waals surface area contributed by atoms with Gasteiger partial charge in [-0.05, 0) is 41.5 Å². The van der Waals surface area contributed by atoms with E-state index >= 15 is 0 Å². The van der Waals surface area contributed by atoms with Crippen molar-refractivity contribution in [3.63, 3.8) is 0 Å². The van der Waals surface area contributed by atoms with Crippen molar-refractivity contribution >= 4 is 34.4 Å². The van der Waals surface area contributed by atoms with Gasteiger partial charge in [0.05, 0.1) is 21.9 Å². The molecule has 4 nitrogen and oxygen atoms in total. The summed E-state index contributed by atoms with van der Waals surface area (Å²) < 4.78 is 29.8. The van der Waals surface area contributed by atoms with Gasteiger partial charge in [-0.3, -0.25) is 0 Å². The Kier molecular flexibility index (Phi) is 5.69. The Labute approximate surface area is 103 Å². The predicted octanol–water partition coefficient (Wildman–Crippen LogP) is 2.05. The Balaban J connectivity index is 4.38. The highest BCUT2D eigenvalue weighted by Gasteiger charge is 2.19. The number of hydrogen-bond donors (Lipinski definition) is 0. The van der Waals surface area contributed by atoms with Crippen molar-refractivity contribution in [1.82, 2.24) is 0 Å². The Morgan fingerprint density at radius 2 is 1.00 bits per heavy atom. The summed E-state index contributed by atoms with van der Waals surface area (Å²) >= 11 is 0. The van der Waals surface area contributed by atoms with E-state index in [0.29, 0.717) is 0 Å². The number of nitrogens with zero attached hydrogens (tertiary/aromatic N) is 2. The molecule has 6 heteroatoms. The molecule has 0 fully saturated rings. The van der Waals surface area contributed by atoms with Crippen molar-refractivity contribution in [3.8, 4) is 0 Å². The first-order valence-corrected chi connectivity index (χ1v) is 7.17. The third kappa shape index (κ3) is 6.27. The highest BCUT2D eigenvalue weighted by Crippen LogP contribution is 2.12. The van der Waals surface area contributed by atoms with Crippen LogP contribution in [0.4, 0.5) is 0 Å². The summed E-state index contributed by atoms with van der Waals surface area (Å²) in [6, 6.07) is 0. The van der Waals surface area contributed by atoms with Crippen molar-refractivity contribution in [2.24, 2.45) is 8.80 Å². The first kappa shape index (κ1) is 15.6. The van der Waals surface area contributed by atoms with Crippen molar-refractivity contribution < 1.29 is 8.42 Å². The minimum absolute atomic E-state index is 0.381. The Morgan fingerprint density at radius 1 is 0.750 bits per heavy atom. The van der Waals surface area contributed by atoms with Gasteiger partial charge in [-0.2, -0.15) is 8.80 Å². The van der Waals surface area contributed by atoms with E-state index in [1.807, 2.05) is 41.5 Å². The minimum Gasteiger partial charge on any atom is -0.234 e. The third-order valence-corrected chi connectivity index (χ3v) is 4.15. The largest absolute Gasteiger partial charge is 0.234 e. The van der Waals surface area contributed by atoms with Crippen LogP contribution in [-0.4, -0.2) is 30.3 Å². The lowest BCUT2D eigenvalue weighted by atomic mass is 10.3. The van der Waals surface area contributed by atoms with E-state index in [1.165, 1.54) is 12.4 Å². The monoisotopic (exact) mass is 264 g/mol. The summed E-state index contributed by atoms with van der Waals surface area (Å²) in [6.45, 7) is 11.0. The molecule has 0 aliphatic carbocycles. The first-order valence-electron chi connectivity index (χ1n) is 4.96. The zero-order valence-corrected chi connectivity index (χ0v) is 12.3. The molecule has 0 amide bonds. The van der Waals surface area contributed by atoms with Crippen molar-refractivity contribution in [2.45, 2.75) is 51.0 Å². The minimum atomic E-state index is -1.29. The molecular formula is C10H20N2O2S2. The number of hydrogen-bond acceptors (Lipinski definition) is 2. The first-order chi connectivity index (χ1) is 7.05. The van der Waals surface area contributed by atoms with E-state index < -0.39 is 22.0 Å². The molecule has 0 spiro atoms. The van der Waals surface area contributed by atoms with Crippen molar-refractivity contribution in [2.75, 3.05) is 0 Å². The predicted molar refractivity (Wildman–Crippen MR) is 72.8 cm³/mol. The van der Waals surface area contributed by atoms with E-state index in [-0.39, 0.29) is 9.49 Å². The average molecular weight is 264 g/mol. The molecular weight excluding hydrogens is 244 g/mol. The molecule has 16 heavy (non-hydrogen) atoms. The van der Waals surface area contributed by atoms with Gasteiger partial charge in [0.15, 0.2) is 0 Å². The van der Waals surface area contributed by atoms with E-state index in [9.17, 15) is 8.42 Å². The van der Waals surface area contributed by atoms with E-state index in [1.54, 1.807) is 0 Å². The van der Waals surface area contributed by atoms with Crippen LogP contribution in [-0.2, 0) is 22.0 Å². The fourth-order valence-electron chi connectivity index (χ4n) is 0.481. The molecule has 0 rings (SSSR count). The second-order valence-corrected chi connectivity index (χ2v) is 9.10. The van der Waals surface area contributed by atoms with Crippen LogP contribution in [0.1, 0.15) is 41.5 Å². The van der Waals surface area contributed by atoms with Crippen LogP contribution in [0.2, 0.25) is 0 Å². The molecule has 94 valence electrons. The molecule has 0 aliphatic heterocycles. The highest BCUT2D eigenvalue weighted by atomic mass is 32.2. The molecule has 0 N–H and O–H groups in total. The fourth-order valence-corrected chi connectivity index (χ4v) is 1.44. The standard InChI is InChI=1S/C10H20N2O2S2/c1-9(2,3)15(13)11-7-8-12-16(14)10(4,5)6/h7-8H,1-6H3/b11-7+,12-8+/t15-,16-/m1/s1. The van der Waals surface area contributed by atoms with Gasteiger partial charge in [-0.1, -0.05) is 0 Å². The lowest BCUT2D eigenvalue weighted by Gasteiger charge is -2.13. The lowest BCUT2D eigenvalue weighted by molar-refractivity contribution is 0.650. The van der Waals surface area contributed by atoms with E-state index in [2.05, 4.69) is 8.80 Å². The zero-order chi connectivity index (χ0) is 13.0. The molecule has 0 unspecified atom stereocenters. The van der Waals surface area contributed by atoms with Crippen molar-refractivity contribution in [3.05, 3.63) is 0 Å². The molecule has 0 aromatic heterocycles. The van der Waals surface area contributed by atoms with Gasteiger partial charge < -0.3 is 0 Å².